The molecular formula is C16H20Br2. The number of hydrogen-bond donors (Lipinski definition) is 0. The SMILES string of the molecule is Cc1cc(C(Br)C2C3CCCCC32)c(C)cc1Br. The number of rotatable bonds is 2. The van der Waals surface area contributed by atoms with E-state index in [-0.39, 0.29) is 0 Å². The molecule has 0 nitrogen and oxygen atoms in total. The number of hydrogen-bond acceptors (Lipinski definition) is 0. The summed E-state index contributed by atoms with van der Waals surface area (Å²) < 4.78 is 1.23. The fourth-order valence-electron chi connectivity index (χ4n) is 3.79. The lowest BCUT2D eigenvalue weighted by atomic mass is 9.99. The summed E-state index contributed by atoms with van der Waals surface area (Å²) in [5.41, 5.74) is 4.27. The van der Waals surface area contributed by atoms with E-state index in [0.29, 0.717) is 4.83 Å². The van der Waals surface area contributed by atoms with Crippen molar-refractivity contribution in [2.24, 2.45) is 17.8 Å². The van der Waals surface area contributed by atoms with Gasteiger partial charge in [0.15, 0.2) is 0 Å². The third-order valence-corrected chi connectivity index (χ3v) is 6.86. The van der Waals surface area contributed by atoms with Gasteiger partial charge in [-0.25, -0.2) is 0 Å². The molecule has 2 heteroatoms. The van der Waals surface area contributed by atoms with Crippen molar-refractivity contribution < 1.29 is 0 Å². The molecule has 0 radical (unpaired) electrons. The van der Waals surface area contributed by atoms with Crippen LogP contribution in [-0.2, 0) is 0 Å². The van der Waals surface area contributed by atoms with Crippen molar-refractivity contribution in [3.05, 3.63) is 33.3 Å². The standard InChI is InChI=1S/C16H20Br2/c1-9-8-14(17)10(2)7-13(9)16(18)15-11-5-3-4-6-12(11)15/h7-8,11-12,15-16H,3-6H2,1-2H3. The molecule has 0 saturated heterocycles. The van der Waals surface area contributed by atoms with Gasteiger partial charge in [-0.05, 0) is 67.2 Å². The van der Waals surface area contributed by atoms with Gasteiger partial charge in [-0.1, -0.05) is 50.8 Å². The number of aryl methyl sites for hydroxylation is 2. The molecule has 1 aromatic carbocycles. The minimum atomic E-state index is 0.567. The first-order chi connectivity index (χ1) is 8.59. The topological polar surface area (TPSA) is 0 Å². The molecule has 0 spiro atoms. The number of halogens is 2. The maximum Gasteiger partial charge on any atom is 0.0431 e. The van der Waals surface area contributed by atoms with Crippen LogP contribution < -0.4 is 0 Å². The van der Waals surface area contributed by atoms with Crippen molar-refractivity contribution in [2.75, 3.05) is 0 Å². The van der Waals surface area contributed by atoms with Gasteiger partial charge in [0.2, 0.25) is 0 Å². The molecule has 3 atom stereocenters. The monoisotopic (exact) mass is 370 g/mol. The zero-order valence-corrected chi connectivity index (χ0v) is 14.2. The first-order valence-electron chi connectivity index (χ1n) is 7.00. The first-order valence-corrected chi connectivity index (χ1v) is 8.71. The van der Waals surface area contributed by atoms with Crippen LogP contribution in [0.2, 0.25) is 0 Å². The zero-order chi connectivity index (χ0) is 12.9. The Morgan fingerprint density at radius 1 is 1.06 bits per heavy atom. The second-order valence-electron chi connectivity index (χ2n) is 6.05. The van der Waals surface area contributed by atoms with Gasteiger partial charge in [-0.3, -0.25) is 0 Å². The van der Waals surface area contributed by atoms with Crippen molar-refractivity contribution >= 4 is 31.9 Å². The van der Waals surface area contributed by atoms with E-state index in [1.807, 2.05) is 0 Å². The number of benzene rings is 1. The maximum atomic E-state index is 4.00. The lowest BCUT2D eigenvalue weighted by Crippen LogP contribution is -1.99. The largest absolute Gasteiger partial charge is 0.0835 e. The maximum absolute atomic E-state index is 4.00. The van der Waals surface area contributed by atoms with Crippen LogP contribution in [0, 0.1) is 31.6 Å². The summed E-state index contributed by atoms with van der Waals surface area (Å²) in [4.78, 5) is 0.567. The highest BCUT2D eigenvalue weighted by Gasteiger charge is 2.53. The van der Waals surface area contributed by atoms with E-state index in [0.717, 1.165) is 17.8 Å². The van der Waals surface area contributed by atoms with Gasteiger partial charge < -0.3 is 0 Å². The van der Waals surface area contributed by atoms with Gasteiger partial charge in [-0.2, -0.15) is 0 Å². The summed E-state index contributed by atoms with van der Waals surface area (Å²) in [5.74, 6) is 2.91. The lowest BCUT2D eigenvalue weighted by molar-refractivity contribution is 0.480. The van der Waals surface area contributed by atoms with E-state index in [4.69, 9.17) is 0 Å². The average molecular weight is 372 g/mol. The molecular weight excluding hydrogens is 352 g/mol. The predicted octanol–water partition coefficient (Wildman–Crippen LogP) is 5.94. The Morgan fingerprint density at radius 3 is 2.28 bits per heavy atom. The van der Waals surface area contributed by atoms with Crippen molar-refractivity contribution in [3.8, 4) is 0 Å². The van der Waals surface area contributed by atoms with Crippen LogP contribution in [0.1, 0.15) is 47.2 Å². The van der Waals surface area contributed by atoms with Crippen molar-refractivity contribution in [2.45, 2.75) is 44.4 Å². The van der Waals surface area contributed by atoms with E-state index in [1.54, 1.807) is 0 Å². The Balaban J connectivity index is 1.85. The Hall–Kier alpha value is 0.180. The Labute approximate surface area is 127 Å². The molecule has 2 fully saturated rings. The van der Waals surface area contributed by atoms with Crippen LogP contribution >= 0.6 is 31.9 Å². The predicted molar refractivity (Wildman–Crippen MR) is 84.2 cm³/mol. The molecule has 2 aliphatic carbocycles. The summed E-state index contributed by atoms with van der Waals surface area (Å²) in [7, 11) is 0. The van der Waals surface area contributed by atoms with E-state index >= 15 is 0 Å². The molecule has 2 aliphatic rings. The molecule has 18 heavy (non-hydrogen) atoms. The summed E-state index contributed by atoms with van der Waals surface area (Å²) in [6.45, 7) is 4.42. The van der Waals surface area contributed by atoms with E-state index < -0.39 is 0 Å². The van der Waals surface area contributed by atoms with Gasteiger partial charge in [0.05, 0.1) is 0 Å². The minimum absolute atomic E-state index is 0.567. The third kappa shape index (κ3) is 2.20. The smallest absolute Gasteiger partial charge is 0.0431 e. The van der Waals surface area contributed by atoms with Crippen LogP contribution in [0.25, 0.3) is 0 Å². The highest BCUT2D eigenvalue weighted by atomic mass is 79.9. The summed E-state index contributed by atoms with van der Waals surface area (Å²) in [5, 5.41) is 0. The highest BCUT2D eigenvalue weighted by molar-refractivity contribution is 9.10. The molecule has 0 amide bonds. The molecule has 0 N–H and O–H groups in total. The Kier molecular flexibility index (Phi) is 3.61. The Bertz CT molecular complexity index is 454. The molecule has 0 heterocycles. The van der Waals surface area contributed by atoms with Gasteiger partial charge in [0, 0.05) is 9.30 Å². The fraction of sp³-hybridized carbons (Fsp3) is 0.625. The van der Waals surface area contributed by atoms with Crippen molar-refractivity contribution in [3.63, 3.8) is 0 Å². The summed E-state index contributed by atoms with van der Waals surface area (Å²) >= 11 is 7.63. The van der Waals surface area contributed by atoms with E-state index in [9.17, 15) is 0 Å². The number of fused-ring (bicyclic) bond motifs is 1. The molecule has 1 aromatic rings. The second-order valence-corrected chi connectivity index (χ2v) is 7.89. The molecule has 0 bridgehead atoms. The molecule has 2 saturated carbocycles. The average Bonchev–Trinajstić information content (AvgIpc) is 3.07. The van der Waals surface area contributed by atoms with Crippen LogP contribution in [0.15, 0.2) is 16.6 Å². The van der Waals surface area contributed by atoms with Crippen molar-refractivity contribution in [1.82, 2.24) is 0 Å². The van der Waals surface area contributed by atoms with Crippen LogP contribution in [0.3, 0.4) is 0 Å². The van der Waals surface area contributed by atoms with Crippen LogP contribution in [-0.4, -0.2) is 0 Å². The lowest BCUT2D eigenvalue weighted by Gasteiger charge is -2.15. The van der Waals surface area contributed by atoms with Gasteiger partial charge in [-0.15, -0.1) is 0 Å². The van der Waals surface area contributed by atoms with E-state index in [1.165, 1.54) is 46.8 Å². The molecule has 0 aliphatic heterocycles. The molecule has 0 aromatic heterocycles. The number of alkyl halides is 1. The normalized spacial score (nSPS) is 31.9. The molecule has 98 valence electrons. The fourth-order valence-corrected chi connectivity index (χ4v) is 5.52. The van der Waals surface area contributed by atoms with Gasteiger partial charge in [0.1, 0.15) is 0 Å². The second kappa shape index (κ2) is 4.94. The van der Waals surface area contributed by atoms with Crippen molar-refractivity contribution in [1.29, 1.82) is 0 Å². The van der Waals surface area contributed by atoms with E-state index in [2.05, 4.69) is 57.8 Å². The molecule has 3 rings (SSSR count). The summed E-state index contributed by atoms with van der Waals surface area (Å²) in [6, 6.07) is 4.63. The van der Waals surface area contributed by atoms with Crippen LogP contribution in [0.4, 0.5) is 0 Å². The van der Waals surface area contributed by atoms with Gasteiger partial charge in [0.25, 0.3) is 0 Å². The molecule has 3 unspecified atom stereocenters. The minimum Gasteiger partial charge on any atom is -0.0835 e. The highest BCUT2D eigenvalue weighted by Crippen LogP contribution is 2.63. The summed E-state index contributed by atoms with van der Waals surface area (Å²) in [6.07, 6.45) is 5.84. The van der Waals surface area contributed by atoms with Crippen LogP contribution in [0.5, 0.6) is 0 Å². The Morgan fingerprint density at radius 2 is 1.67 bits per heavy atom. The quantitative estimate of drug-likeness (QED) is 0.564. The first kappa shape index (κ1) is 13.2. The zero-order valence-electron chi connectivity index (χ0n) is 11.0. The van der Waals surface area contributed by atoms with Gasteiger partial charge >= 0.3 is 0 Å². The third-order valence-electron chi connectivity index (χ3n) is 4.91.